The minimum Gasteiger partial charge on any atom is -0.496 e. The average molecular weight is 445 g/mol. The molecule has 3 aromatic rings. The number of methoxy groups -OCH3 is 1. The van der Waals surface area contributed by atoms with Gasteiger partial charge in [0.05, 0.1) is 37.1 Å². The van der Waals surface area contributed by atoms with Gasteiger partial charge in [-0.05, 0) is 30.3 Å². The summed E-state index contributed by atoms with van der Waals surface area (Å²) in [6, 6.07) is 10.3. The van der Waals surface area contributed by atoms with Gasteiger partial charge in [0.15, 0.2) is 0 Å². The van der Waals surface area contributed by atoms with Crippen molar-refractivity contribution in [2.45, 2.75) is 6.18 Å². The van der Waals surface area contributed by atoms with E-state index in [1.54, 1.807) is 30.3 Å². The number of anilines is 4. The molecule has 1 fully saturated rings. The Bertz CT molecular complexity index is 1090. The van der Waals surface area contributed by atoms with E-state index in [1.165, 1.54) is 13.3 Å². The van der Waals surface area contributed by atoms with Crippen LogP contribution in [0.3, 0.4) is 0 Å². The zero-order valence-electron chi connectivity index (χ0n) is 17.3. The highest BCUT2D eigenvalue weighted by Crippen LogP contribution is 2.46. The van der Waals surface area contributed by atoms with Gasteiger partial charge in [-0.15, -0.1) is 0 Å². The number of hydrogen-bond donors (Lipinski definition) is 2. The molecule has 0 bridgehead atoms. The highest BCUT2D eigenvalue weighted by molar-refractivity contribution is 5.93. The van der Waals surface area contributed by atoms with Gasteiger partial charge in [-0.3, -0.25) is 0 Å². The highest BCUT2D eigenvalue weighted by atomic mass is 19.4. The summed E-state index contributed by atoms with van der Waals surface area (Å²) in [4.78, 5) is 10.0. The molecule has 32 heavy (non-hydrogen) atoms. The fourth-order valence-corrected chi connectivity index (χ4v) is 3.62. The van der Waals surface area contributed by atoms with Crippen LogP contribution in [-0.2, 0) is 10.9 Å². The van der Waals surface area contributed by atoms with E-state index in [0.29, 0.717) is 37.6 Å². The smallest absolute Gasteiger partial charge is 0.419 e. The average Bonchev–Trinajstić information content (AvgIpc) is 2.79. The van der Waals surface area contributed by atoms with Crippen LogP contribution in [0.5, 0.6) is 5.75 Å². The predicted molar refractivity (Wildman–Crippen MR) is 116 cm³/mol. The predicted octanol–water partition coefficient (Wildman–Crippen LogP) is 4.33. The molecule has 1 aliphatic rings. The Hall–Kier alpha value is -3.53. The third-order valence-electron chi connectivity index (χ3n) is 5.16. The molecule has 3 N–H and O–H groups in total. The van der Waals surface area contributed by atoms with Gasteiger partial charge in [0, 0.05) is 36.7 Å². The van der Waals surface area contributed by atoms with Crippen LogP contribution in [0.2, 0.25) is 0 Å². The second-order valence-corrected chi connectivity index (χ2v) is 7.13. The van der Waals surface area contributed by atoms with Crippen LogP contribution in [0.1, 0.15) is 5.56 Å². The van der Waals surface area contributed by atoms with Gasteiger partial charge in [-0.1, -0.05) is 6.07 Å². The first-order valence-electron chi connectivity index (χ1n) is 9.93. The van der Waals surface area contributed by atoms with E-state index in [9.17, 15) is 13.2 Å². The fraction of sp³-hybridized carbons (Fsp3) is 0.273. The van der Waals surface area contributed by atoms with E-state index < -0.39 is 11.7 Å². The number of nitrogens with one attached hydrogen (secondary N) is 1. The van der Waals surface area contributed by atoms with Crippen molar-refractivity contribution in [3.8, 4) is 16.9 Å². The molecule has 7 nitrogen and oxygen atoms in total. The molecule has 0 unspecified atom stereocenters. The molecule has 1 saturated heterocycles. The summed E-state index contributed by atoms with van der Waals surface area (Å²) in [5, 5.41) is 2.80. The first-order valence-corrected chi connectivity index (χ1v) is 9.93. The van der Waals surface area contributed by atoms with Crippen molar-refractivity contribution in [1.29, 1.82) is 0 Å². The number of alkyl halides is 3. The van der Waals surface area contributed by atoms with Crippen molar-refractivity contribution in [1.82, 2.24) is 9.97 Å². The van der Waals surface area contributed by atoms with E-state index in [1.807, 2.05) is 6.07 Å². The van der Waals surface area contributed by atoms with Crippen LogP contribution >= 0.6 is 0 Å². The zero-order valence-corrected chi connectivity index (χ0v) is 17.3. The van der Waals surface area contributed by atoms with E-state index in [4.69, 9.17) is 15.2 Å². The van der Waals surface area contributed by atoms with Crippen molar-refractivity contribution in [3.05, 3.63) is 54.4 Å². The Morgan fingerprint density at radius 2 is 1.91 bits per heavy atom. The van der Waals surface area contributed by atoms with Gasteiger partial charge in [0.2, 0.25) is 0 Å². The quantitative estimate of drug-likeness (QED) is 0.605. The van der Waals surface area contributed by atoms with Crippen molar-refractivity contribution in [2.24, 2.45) is 0 Å². The van der Waals surface area contributed by atoms with Crippen LogP contribution in [0.15, 0.2) is 48.8 Å². The Labute approximate surface area is 183 Å². The number of aromatic nitrogens is 2. The highest BCUT2D eigenvalue weighted by Gasteiger charge is 2.37. The minimum absolute atomic E-state index is 0.0612. The van der Waals surface area contributed by atoms with Crippen molar-refractivity contribution in [2.75, 3.05) is 49.4 Å². The molecule has 4 rings (SSSR count). The summed E-state index contributed by atoms with van der Waals surface area (Å²) >= 11 is 0. The maximum Gasteiger partial charge on any atom is 0.419 e. The molecule has 1 aliphatic heterocycles. The molecular formula is C22H22F3N5O2. The summed E-state index contributed by atoms with van der Waals surface area (Å²) in [5.74, 6) is 0.556. The molecule has 0 saturated carbocycles. The third-order valence-corrected chi connectivity index (χ3v) is 5.16. The monoisotopic (exact) mass is 445 g/mol. The van der Waals surface area contributed by atoms with Crippen molar-refractivity contribution < 1.29 is 22.6 Å². The topological polar surface area (TPSA) is 85.5 Å². The third kappa shape index (κ3) is 4.40. The number of ether oxygens (including phenoxy) is 2. The summed E-state index contributed by atoms with van der Waals surface area (Å²) < 4.78 is 52.7. The Morgan fingerprint density at radius 3 is 2.56 bits per heavy atom. The molecule has 0 spiro atoms. The molecule has 3 heterocycles. The summed E-state index contributed by atoms with van der Waals surface area (Å²) in [6.07, 6.45) is -2.45. The van der Waals surface area contributed by atoms with Crippen LogP contribution < -0.4 is 20.7 Å². The molecular weight excluding hydrogens is 423 g/mol. The molecule has 168 valence electrons. The standard InChI is InChI=1S/C22H22F3N5O2/c1-31-17-6-5-14(30-8-10-32-11-9-30)12-15(17)19-20(29-18-4-2-3-7-27-18)16(22(23,24)25)13-28-21(19)26/h2-7,12-13H,8-11H2,1H3,(H3,26,27,28,29). The summed E-state index contributed by atoms with van der Waals surface area (Å²) in [6.45, 7) is 2.48. The van der Waals surface area contributed by atoms with Crippen LogP contribution in [0.25, 0.3) is 11.1 Å². The number of hydrogen-bond acceptors (Lipinski definition) is 7. The molecule has 0 radical (unpaired) electrons. The molecule has 10 heteroatoms. The maximum atomic E-state index is 13.9. The molecule has 2 aromatic heterocycles. The second-order valence-electron chi connectivity index (χ2n) is 7.13. The molecule has 0 amide bonds. The fourth-order valence-electron chi connectivity index (χ4n) is 3.62. The second kappa shape index (κ2) is 8.91. The lowest BCUT2D eigenvalue weighted by atomic mass is 9.99. The van der Waals surface area contributed by atoms with Crippen molar-refractivity contribution >= 4 is 23.0 Å². The Kier molecular flexibility index (Phi) is 6.04. The van der Waals surface area contributed by atoms with Gasteiger partial charge in [0.25, 0.3) is 0 Å². The molecule has 1 aromatic carbocycles. The Morgan fingerprint density at radius 1 is 1.12 bits per heavy atom. The van der Waals surface area contributed by atoms with Gasteiger partial charge in [-0.2, -0.15) is 13.2 Å². The number of morpholine rings is 1. The number of pyridine rings is 2. The number of rotatable bonds is 5. The van der Waals surface area contributed by atoms with Crippen LogP contribution in [0.4, 0.5) is 36.2 Å². The van der Waals surface area contributed by atoms with Crippen LogP contribution in [-0.4, -0.2) is 43.4 Å². The van der Waals surface area contributed by atoms with Crippen LogP contribution in [0, 0.1) is 0 Å². The van der Waals surface area contributed by atoms with Gasteiger partial charge < -0.3 is 25.4 Å². The minimum atomic E-state index is -4.67. The number of benzene rings is 1. The lowest BCUT2D eigenvalue weighted by Gasteiger charge is -2.30. The van der Waals surface area contributed by atoms with E-state index in [-0.39, 0.29) is 22.9 Å². The maximum absolute atomic E-state index is 13.9. The largest absolute Gasteiger partial charge is 0.496 e. The van der Waals surface area contributed by atoms with E-state index >= 15 is 0 Å². The van der Waals surface area contributed by atoms with Gasteiger partial charge >= 0.3 is 6.18 Å². The van der Waals surface area contributed by atoms with Crippen molar-refractivity contribution in [3.63, 3.8) is 0 Å². The number of nitrogens with zero attached hydrogens (tertiary/aromatic N) is 3. The summed E-state index contributed by atoms with van der Waals surface area (Å²) in [7, 11) is 1.45. The van der Waals surface area contributed by atoms with E-state index in [2.05, 4.69) is 20.2 Å². The van der Waals surface area contributed by atoms with E-state index in [0.717, 1.165) is 11.9 Å². The lowest BCUT2D eigenvalue weighted by molar-refractivity contribution is -0.137. The summed E-state index contributed by atoms with van der Waals surface area (Å²) in [5.41, 5.74) is 6.27. The molecule has 0 atom stereocenters. The SMILES string of the molecule is COc1ccc(N2CCOCC2)cc1-c1c(N)ncc(C(F)(F)F)c1Nc1ccccn1. The number of halogens is 3. The number of nitrogen functional groups attached to an aromatic ring is 1. The molecule has 0 aliphatic carbocycles. The number of nitrogens with two attached hydrogens (primary N) is 1. The zero-order chi connectivity index (χ0) is 22.7. The first-order chi connectivity index (χ1) is 15.4. The van der Waals surface area contributed by atoms with Gasteiger partial charge in [0.1, 0.15) is 17.4 Å². The Balaban J connectivity index is 1.92. The first kappa shape index (κ1) is 21.7. The normalized spacial score (nSPS) is 14.3. The lowest BCUT2D eigenvalue weighted by Crippen LogP contribution is -2.36. The van der Waals surface area contributed by atoms with Gasteiger partial charge in [-0.25, -0.2) is 9.97 Å².